The molecule has 54 valence electrons. The van der Waals surface area contributed by atoms with Crippen LogP contribution in [0.4, 0.5) is 0 Å². The molecule has 0 aromatic heterocycles. The molecule has 0 atom stereocenters. The van der Waals surface area contributed by atoms with Crippen molar-refractivity contribution in [1.82, 2.24) is 5.32 Å². The van der Waals surface area contributed by atoms with E-state index in [0.717, 1.165) is 12.8 Å². The van der Waals surface area contributed by atoms with E-state index in [0.29, 0.717) is 5.82 Å². The zero-order valence-electron chi connectivity index (χ0n) is 7.07. The summed E-state index contributed by atoms with van der Waals surface area (Å²) < 4.78 is 0. The second kappa shape index (κ2) is 10.9. The van der Waals surface area contributed by atoms with Gasteiger partial charge in [0, 0.05) is 0 Å². The Labute approximate surface area is 60.6 Å². The number of hydrogen-bond acceptors (Lipinski definition) is 1. The van der Waals surface area contributed by atoms with Crippen LogP contribution in [0, 0.1) is 0 Å². The lowest BCUT2D eigenvalue weighted by molar-refractivity contribution is 0.768. The van der Waals surface area contributed by atoms with Crippen molar-refractivity contribution in [3.63, 3.8) is 0 Å². The molecule has 0 unspecified atom stereocenters. The number of hydrogen-bond donors (Lipinski definition) is 1. The molecule has 0 spiro atoms. The van der Waals surface area contributed by atoms with Crippen LogP contribution in [0.25, 0.3) is 0 Å². The molecule has 0 saturated carbocycles. The van der Waals surface area contributed by atoms with Gasteiger partial charge in [0.2, 0.25) is 0 Å². The Balaban J connectivity index is 0. The molecule has 1 nitrogen and oxygen atoms in total. The third-order valence-electron chi connectivity index (χ3n) is 1.05. The van der Waals surface area contributed by atoms with Gasteiger partial charge >= 0.3 is 0 Å². The summed E-state index contributed by atoms with van der Waals surface area (Å²) in [6.45, 7) is 4.21. The summed E-state index contributed by atoms with van der Waals surface area (Å²) >= 11 is 0. The zero-order valence-corrected chi connectivity index (χ0v) is 7.07. The average molecular weight is 127 g/mol. The first-order valence-corrected chi connectivity index (χ1v) is 3.56. The van der Waals surface area contributed by atoms with Crippen LogP contribution in [0.1, 0.15) is 26.7 Å². The van der Waals surface area contributed by atoms with Gasteiger partial charge in [-0.25, -0.2) is 0 Å². The zero-order chi connectivity index (χ0) is 7.70. The lowest BCUT2D eigenvalue weighted by atomic mass is 9.83. The van der Waals surface area contributed by atoms with Crippen molar-refractivity contribution in [2.24, 2.45) is 0 Å². The maximum Gasteiger partial charge on any atom is 0.0699 e. The molecule has 0 aliphatic carbocycles. The molecule has 1 N–H and O–H groups in total. The van der Waals surface area contributed by atoms with E-state index in [1.54, 1.807) is 0 Å². The molecule has 9 heavy (non-hydrogen) atoms. The normalized spacial score (nSPS) is 8.56. The minimum absolute atomic E-state index is 0.435. The second-order valence-electron chi connectivity index (χ2n) is 2.08. The van der Waals surface area contributed by atoms with E-state index in [2.05, 4.69) is 19.2 Å². The van der Waals surface area contributed by atoms with Crippen molar-refractivity contribution in [2.45, 2.75) is 32.5 Å². The molecule has 0 heterocycles. The van der Waals surface area contributed by atoms with Gasteiger partial charge in [-0.15, -0.1) is 0 Å². The van der Waals surface area contributed by atoms with E-state index < -0.39 is 0 Å². The fourth-order valence-corrected chi connectivity index (χ4v) is 0.289. The van der Waals surface area contributed by atoms with Crippen molar-refractivity contribution in [2.75, 3.05) is 14.1 Å². The maximum absolute atomic E-state index is 5.47. The van der Waals surface area contributed by atoms with Crippen LogP contribution in [0.3, 0.4) is 0 Å². The fourth-order valence-electron chi connectivity index (χ4n) is 0.289. The number of nitrogens with one attached hydrogen (secondary N) is 1. The average Bonchev–Trinajstić information content (AvgIpc) is 1.88. The standard InChI is InChI=1S/C5H11B.C2H7N/c1-3-5(6)4-2;1-3-2/h5H,3-4H2,1-2H3;3H,1-2H3. The molecule has 2 radical (unpaired) electrons. The van der Waals surface area contributed by atoms with Crippen LogP contribution < -0.4 is 5.32 Å². The van der Waals surface area contributed by atoms with Gasteiger partial charge in [0.15, 0.2) is 0 Å². The van der Waals surface area contributed by atoms with E-state index in [1.807, 2.05) is 14.1 Å². The monoisotopic (exact) mass is 127 g/mol. The maximum atomic E-state index is 5.47. The molecule has 0 fully saturated rings. The molecule has 0 bridgehead atoms. The molecule has 0 aliphatic heterocycles. The molecule has 0 aromatic carbocycles. The van der Waals surface area contributed by atoms with Crippen LogP contribution >= 0.6 is 0 Å². The lowest BCUT2D eigenvalue weighted by Gasteiger charge is -1.99. The molecule has 0 aromatic rings. The van der Waals surface area contributed by atoms with E-state index >= 15 is 0 Å². The fraction of sp³-hybridized carbons (Fsp3) is 1.00. The van der Waals surface area contributed by atoms with Gasteiger partial charge in [0.05, 0.1) is 7.85 Å². The third-order valence-corrected chi connectivity index (χ3v) is 1.05. The van der Waals surface area contributed by atoms with Gasteiger partial charge in [0.25, 0.3) is 0 Å². The van der Waals surface area contributed by atoms with Crippen LogP contribution in [0.2, 0.25) is 5.82 Å². The first kappa shape index (κ1) is 11.8. The van der Waals surface area contributed by atoms with Gasteiger partial charge < -0.3 is 5.32 Å². The van der Waals surface area contributed by atoms with Crippen LogP contribution in [-0.4, -0.2) is 21.9 Å². The largest absolute Gasteiger partial charge is 0.323 e. The third kappa shape index (κ3) is 18.0. The molecular weight excluding hydrogens is 109 g/mol. The first-order valence-electron chi connectivity index (χ1n) is 3.56. The Bertz CT molecular complexity index is 35.9. The summed E-state index contributed by atoms with van der Waals surface area (Å²) in [6, 6.07) is 0. The van der Waals surface area contributed by atoms with Crippen molar-refractivity contribution in [1.29, 1.82) is 0 Å². The van der Waals surface area contributed by atoms with Gasteiger partial charge in [-0.1, -0.05) is 32.5 Å². The predicted octanol–water partition coefficient (Wildman–Crippen LogP) is 1.60. The Morgan fingerprint density at radius 2 is 1.44 bits per heavy atom. The Morgan fingerprint density at radius 3 is 1.44 bits per heavy atom. The molecular formula is C7H18BN. The Kier molecular flexibility index (Phi) is 14.3. The lowest BCUT2D eigenvalue weighted by Crippen LogP contribution is -1.89. The summed E-state index contributed by atoms with van der Waals surface area (Å²) in [4.78, 5) is 0. The highest BCUT2D eigenvalue weighted by Gasteiger charge is 1.88. The molecule has 2 heteroatoms. The Morgan fingerprint density at radius 1 is 1.22 bits per heavy atom. The summed E-state index contributed by atoms with van der Waals surface area (Å²) in [6.07, 6.45) is 2.22. The highest BCUT2D eigenvalue weighted by Crippen LogP contribution is 2.06. The summed E-state index contributed by atoms with van der Waals surface area (Å²) in [5.41, 5.74) is 0. The van der Waals surface area contributed by atoms with Gasteiger partial charge in [-0.05, 0) is 14.1 Å². The van der Waals surface area contributed by atoms with E-state index in [4.69, 9.17) is 7.85 Å². The molecule has 0 amide bonds. The van der Waals surface area contributed by atoms with Crippen molar-refractivity contribution in [3.8, 4) is 0 Å². The smallest absolute Gasteiger partial charge is 0.0699 e. The molecule has 0 rings (SSSR count). The van der Waals surface area contributed by atoms with Crippen LogP contribution in [-0.2, 0) is 0 Å². The summed E-state index contributed by atoms with van der Waals surface area (Å²) in [5.74, 6) is 0.435. The highest BCUT2D eigenvalue weighted by molar-refractivity contribution is 6.11. The van der Waals surface area contributed by atoms with Gasteiger partial charge in [-0.3, -0.25) is 0 Å². The minimum atomic E-state index is 0.435. The van der Waals surface area contributed by atoms with Crippen molar-refractivity contribution in [3.05, 3.63) is 0 Å². The summed E-state index contributed by atoms with van der Waals surface area (Å²) in [7, 11) is 9.22. The Hall–Kier alpha value is 0.0249. The van der Waals surface area contributed by atoms with Gasteiger partial charge in [0.1, 0.15) is 0 Å². The SMILES string of the molecule is CNC.[B]C(CC)CC. The van der Waals surface area contributed by atoms with E-state index in [-0.39, 0.29) is 0 Å². The van der Waals surface area contributed by atoms with E-state index in [9.17, 15) is 0 Å². The van der Waals surface area contributed by atoms with E-state index in [1.165, 1.54) is 0 Å². The highest BCUT2D eigenvalue weighted by atomic mass is 14.7. The molecule has 0 saturated heterocycles. The number of rotatable bonds is 2. The van der Waals surface area contributed by atoms with Crippen LogP contribution in [0.15, 0.2) is 0 Å². The van der Waals surface area contributed by atoms with Gasteiger partial charge in [-0.2, -0.15) is 0 Å². The summed E-state index contributed by atoms with van der Waals surface area (Å²) in [5, 5.41) is 2.75. The van der Waals surface area contributed by atoms with Crippen LogP contribution in [0.5, 0.6) is 0 Å². The molecule has 0 aliphatic rings. The second-order valence-corrected chi connectivity index (χ2v) is 2.08. The first-order chi connectivity index (χ1) is 4.22. The topological polar surface area (TPSA) is 12.0 Å². The minimum Gasteiger partial charge on any atom is -0.323 e. The van der Waals surface area contributed by atoms with Crippen molar-refractivity contribution >= 4 is 7.85 Å². The predicted molar refractivity (Wildman–Crippen MR) is 45.1 cm³/mol. The van der Waals surface area contributed by atoms with Crippen molar-refractivity contribution < 1.29 is 0 Å². The quantitative estimate of drug-likeness (QED) is 0.555.